The van der Waals surface area contributed by atoms with Gasteiger partial charge in [0.1, 0.15) is 11.3 Å². The highest BCUT2D eigenvalue weighted by molar-refractivity contribution is 7.92. The molecule has 0 aliphatic rings. The summed E-state index contributed by atoms with van der Waals surface area (Å²) in [7, 11) is -2.94. The molecule has 0 atom stereocenters. The molecule has 0 unspecified atom stereocenters. The molecule has 0 radical (unpaired) electrons. The molecule has 6 nitrogen and oxygen atoms in total. The Morgan fingerprint density at radius 2 is 1.83 bits per heavy atom. The van der Waals surface area contributed by atoms with Gasteiger partial charge in [-0.15, -0.1) is 0 Å². The van der Waals surface area contributed by atoms with Gasteiger partial charge in [-0.05, 0) is 30.3 Å². The largest absolute Gasteiger partial charge is 0.496 e. The highest BCUT2D eigenvalue weighted by Crippen LogP contribution is 2.24. The number of methoxy groups -OCH3 is 1. The predicted octanol–water partition coefficient (Wildman–Crippen LogP) is 2.47. The number of hydrogen-bond donors (Lipinski definition) is 2. The molecular formula is C14H11F2NO5S. The number of carboxylic acids is 1. The van der Waals surface area contributed by atoms with Crippen molar-refractivity contribution in [2.75, 3.05) is 11.8 Å². The first-order valence-electron chi connectivity index (χ1n) is 6.14. The van der Waals surface area contributed by atoms with E-state index in [-0.39, 0.29) is 21.9 Å². The molecule has 2 aromatic rings. The zero-order chi connectivity index (χ0) is 17.2. The first-order chi connectivity index (χ1) is 10.7. The van der Waals surface area contributed by atoms with E-state index >= 15 is 0 Å². The standard InChI is InChI=1S/C14H11F2NO5S/c1-22-13-5-3-9(7-10(13)14(18)19)23(20,21)17-8-2-4-11(15)12(16)6-8/h2-7,17H,1H3,(H,18,19). The minimum Gasteiger partial charge on any atom is -0.496 e. The number of benzene rings is 2. The van der Waals surface area contributed by atoms with Crippen molar-refractivity contribution >= 4 is 21.7 Å². The number of carboxylic acid groups (broad SMARTS) is 1. The van der Waals surface area contributed by atoms with Gasteiger partial charge in [0.15, 0.2) is 11.6 Å². The Hall–Kier alpha value is -2.68. The molecule has 0 aliphatic heterocycles. The van der Waals surface area contributed by atoms with Crippen LogP contribution in [0.2, 0.25) is 0 Å². The van der Waals surface area contributed by atoms with Crippen LogP contribution in [0.3, 0.4) is 0 Å². The number of nitrogens with one attached hydrogen (secondary N) is 1. The summed E-state index contributed by atoms with van der Waals surface area (Å²) >= 11 is 0. The fraction of sp³-hybridized carbons (Fsp3) is 0.0714. The third kappa shape index (κ3) is 3.57. The monoisotopic (exact) mass is 343 g/mol. The van der Waals surface area contributed by atoms with Crippen molar-refractivity contribution in [3.63, 3.8) is 0 Å². The van der Waals surface area contributed by atoms with E-state index in [4.69, 9.17) is 9.84 Å². The van der Waals surface area contributed by atoms with Crippen LogP contribution in [0, 0.1) is 11.6 Å². The van der Waals surface area contributed by atoms with E-state index < -0.39 is 27.6 Å². The molecular weight excluding hydrogens is 332 g/mol. The lowest BCUT2D eigenvalue weighted by Gasteiger charge is -2.11. The summed E-state index contributed by atoms with van der Waals surface area (Å²) in [5, 5.41) is 9.06. The topological polar surface area (TPSA) is 92.7 Å². The minimum atomic E-state index is -4.18. The molecule has 2 N–H and O–H groups in total. The molecule has 23 heavy (non-hydrogen) atoms. The van der Waals surface area contributed by atoms with Crippen molar-refractivity contribution in [2.45, 2.75) is 4.90 Å². The van der Waals surface area contributed by atoms with Crippen molar-refractivity contribution < 1.29 is 31.8 Å². The highest BCUT2D eigenvalue weighted by Gasteiger charge is 2.20. The van der Waals surface area contributed by atoms with Gasteiger partial charge in [-0.2, -0.15) is 0 Å². The summed E-state index contributed by atoms with van der Waals surface area (Å²) in [5.41, 5.74) is -0.544. The number of sulfonamides is 1. The van der Waals surface area contributed by atoms with E-state index in [1.54, 1.807) is 0 Å². The van der Waals surface area contributed by atoms with Gasteiger partial charge in [-0.3, -0.25) is 4.72 Å². The highest BCUT2D eigenvalue weighted by atomic mass is 32.2. The Morgan fingerprint density at radius 1 is 1.13 bits per heavy atom. The third-order valence-electron chi connectivity index (χ3n) is 2.88. The van der Waals surface area contributed by atoms with E-state index in [0.29, 0.717) is 6.07 Å². The average molecular weight is 343 g/mol. The maximum absolute atomic E-state index is 13.1. The summed E-state index contributed by atoms with van der Waals surface area (Å²) < 4.78 is 57.3. The van der Waals surface area contributed by atoms with Crippen molar-refractivity contribution in [3.8, 4) is 5.75 Å². The van der Waals surface area contributed by atoms with Crippen LogP contribution in [0.25, 0.3) is 0 Å². The first-order valence-corrected chi connectivity index (χ1v) is 7.62. The maximum atomic E-state index is 13.1. The van der Waals surface area contributed by atoms with E-state index in [9.17, 15) is 22.0 Å². The van der Waals surface area contributed by atoms with Crippen molar-refractivity contribution in [1.82, 2.24) is 0 Å². The van der Waals surface area contributed by atoms with Crippen LogP contribution in [-0.2, 0) is 10.0 Å². The minimum absolute atomic E-state index is 0.00993. The predicted molar refractivity (Wildman–Crippen MR) is 77.1 cm³/mol. The number of aromatic carboxylic acids is 1. The molecule has 0 amide bonds. The van der Waals surface area contributed by atoms with Crippen LogP contribution in [0.15, 0.2) is 41.3 Å². The average Bonchev–Trinajstić information content (AvgIpc) is 2.50. The van der Waals surface area contributed by atoms with Crippen molar-refractivity contribution in [1.29, 1.82) is 0 Å². The van der Waals surface area contributed by atoms with Gasteiger partial charge < -0.3 is 9.84 Å². The quantitative estimate of drug-likeness (QED) is 0.870. The lowest BCUT2D eigenvalue weighted by Crippen LogP contribution is -2.14. The summed E-state index contributed by atoms with van der Waals surface area (Å²) in [4.78, 5) is 10.8. The van der Waals surface area contributed by atoms with Crippen LogP contribution >= 0.6 is 0 Å². The zero-order valence-corrected chi connectivity index (χ0v) is 12.5. The van der Waals surface area contributed by atoms with Crippen molar-refractivity contribution in [2.24, 2.45) is 0 Å². The second-order valence-electron chi connectivity index (χ2n) is 4.40. The first kappa shape index (κ1) is 16.7. The molecule has 0 bridgehead atoms. The number of anilines is 1. The smallest absolute Gasteiger partial charge is 0.339 e. The van der Waals surface area contributed by atoms with E-state index in [0.717, 1.165) is 24.3 Å². The Bertz CT molecular complexity index is 867. The fourth-order valence-corrected chi connectivity index (χ4v) is 2.87. The van der Waals surface area contributed by atoms with Gasteiger partial charge in [0, 0.05) is 6.07 Å². The Kier molecular flexibility index (Phi) is 4.50. The van der Waals surface area contributed by atoms with Crippen LogP contribution < -0.4 is 9.46 Å². The van der Waals surface area contributed by atoms with Crippen LogP contribution in [0.5, 0.6) is 5.75 Å². The number of carbonyl (C=O) groups is 1. The van der Waals surface area contributed by atoms with Gasteiger partial charge in [-0.1, -0.05) is 0 Å². The number of halogens is 2. The molecule has 0 aromatic heterocycles. The van der Waals surface area contributed by atoms with E-state index in [1.807, 2.05) is 4.72 Å². The second kappa shape index (κ2) is 6.21. The molecule has 0 heterocycles. The lowest BCUT2D eigenvalue weighted by molar-refractivity contribution is 0.0693. The Morgan fingerprint density at radius 3 is 2.39 bits per heavy atom. The number of hydrogen-bond acceptors (Lipinski definition) is 4. The molecule has 2 aromatic carbocycles. The van der Waals surface area contributed by atoms with Gasteiger partial charge in [-0.25, -0.2) is 22.0 Å². The molecule has 9 heteroatoms. The number of ether oxygens (including phenoxy) is 1. The van der Waals surface area contributed by atoms with Crippen LogP contribution in [0.1, 0.15) is 10.4 Å². The van der Waals surface area contributed by atoms with Gasteiger partial charge in [0.25, 0.3) is 10.0 Å². The summed E-state index contributed by atoms with van der Waals surface area (Å²) in [6.45, 7) is 0. The van der Waals surface area contributed by atoms with Gasteiger partial charge in [0.2, 0.25) is 0 Å². The molecule has 122 valence electrons. The van der Waals surface area contributed by atoms with E-state index in [1.165, 1.54) is 13.2 Å². The normalized spacial score (nSPS) is 11.1. The Labute approximate surface area is 130 Å². The van der Waals surface area contributed by atoms with Gasteiger partial charge in [0.05, 0.1) is 17.7 Å². The SMILES string of the molecule is COc1ccc(S(=O)(=O)Nc2ccc(F)c(F)c2)cc1C(=O)O. The van der Waals surface area contributed by atoms with E-state index in [2.05, 4.69) is 0 Å². The summed E-state index contributed by atoms with van der Waals surface area (Å²) in [6, 6.07) is 5.70. The molecule has 2 rings (SSSR count). The molecule has 0 fully saturated rings. The Balaban J connectivity index is 2.41. The molecule has 0 saturated heterocycles. The molecule has 0 spiro atoms. The summed E-state index contributed by atoms with van der Waals surface area (Å²) in [5.74, 6) is -3.72. The fourth-order valence-electron chi connectivity index (χ4n) is 1.80. The third-order valence-corrected chi connectivity index (χ3v) is 4.26. The molecule has 0 aliphatic carbocycles. The second-order valence-corrected chi connectivity index (χ2v) is 6.08. The zero-order valence-electron chi connectivity index (χ0n) is 11.7. The van der Waals surface area contributed by atoms with Crippen LogP contribution in [-0.4, -0.2) is 26.6 Å². The number of rotatable bonds is 5. The maximum Gasteiger partial charge on any atom is 0.339 e. The molecule has 0 saturated carbocycles. The lowest BCUT2D eigenvalue weighted by atomic mass is 10.2. The van der Waals surface area contributed by atoms with Gasteiger partial charge >= 0.3 is 5.97 Å². The summed E-state index contributed by atoms with van der Waals surface area (Å²) in [6.07, 6.45) is 0. The van der Waals surface area contributed by atoms with Crippen LogP contribution in [0.4, 0.5) is 14.5 Å². The van der Waals surface area contributed by atoms with Crippen molar-refractivity contribution in [3.05, 3.63) is 53.6 Å².